The van der Waals surface area contributed by atoms with Gasteiger partial charge in [0.25, 0.3) is 5.91 Å². The highest BCUT2D eigenvalue weighted by Gasteiger charge is 2.19. The Morgan fingerprint density at radius 3 is 2.29 bits per heavy atom. The molecular formula is C21H20F2N4O. The molecule has 0 saturated carbocycles. The first-order valence-corrected chi connectivity index (χ1v) is 8.70. The molecule has 0 atom stereocenters. The van der Waals surface area contributed by atoms with Crippen molar-refractivity contribution in [3.05, 3.63) is 71.9 Å². The molecule has 3 rings (SSSR count). The highest BCUT2D eigenvalue weighted by atomic mass is 19.2. The molecule has 0 unspecified atom stereocenters. The van der Waals surface area contributed by atoms with Crippen LogP contribution < -0.4 is 10.6 Å². The van der Waals surface area contributed by atoms with E-state index in [0.717, 1.165) is 17.7 Å². The smallest absolute Gasteiger partial charge is 0.270 e. The minimum Gasteiger partial charge on any atom is -0.346 e. The van der Waals surface area contributed by atoms with Gasteiger partial charge >= 0.3 is 0 Å². The predicted octanol–water partition coefficient (Wildman–Crippen LogP) is 4.69. The Morgan fingerprint density at radius 2 is 1.64 bits per heavy atom. The molecule has 1 heterocycles. The van der Waals surface area contributed by atoms with Crippen LogP contribution in [-0.2, 0) is 0 Å². The molecule has 1 amide bonds. The summed E-state index contributed by atoms with van der Waals surface area (Å²) in [4.78, 5) is 21.4. The SMILES string of the molecule is CC(C)(C)NC(=O)c1cc(Nc2ccc(F)c(F)c2)nc(-c2ccccc2)n1. The van der Waals surface area contributed by atoms with Crippen LogP contribution in [0.3, 0.4) is 0 Å². The lowest BCUT2D eigenvalue weighted by molar-refractivity contribution is 0.0914. The number of carbonyl (C=O) groups is 1. The monoisotopic (exact) mass is 382 g/mol. The summed E-state index contributed by atoms with van der Waals surface area (Å²) in [7, 11) is 0. The molecule has 2 N–H and O–H groups in total. The Bertz CT molecular complexity index is 1000. The zero-order valence-electron chi connectivity index (χ0n) is 15.8. The summed E-state index contributed by atoms with van der Waals surface area (Å²) in [5.41, 5.74) is 0.747. The fraction of sp³-hybridized carbons (Fsp3) is 0.190. The molecule has 144 valence electrons. The first kappa shape index (κ1) is 19.4. The summed E-state index contributed by atoms with van der Waals surface area (Å²) in [6.07, 6.45) is 0. The fourth-order valence-corrected chi connectivity index (χ4v) is 2.47. The first-order chi connectivity index (χ1) is 13.2. The molecule has 0 aliphatic rings. The number of hydrogen-bond acceptors (Lipinski definition) is 4. The number of amides is 1. The van der Waals surface area contributed by atoms with Gasteiger partial charge in [-0.15, -0.1) is 0 Å². The van der Waals surface area contributed by atoms with Crippen LogP contribution in [-0.4, -0.2) is 21.4 Å². The van der Waals surface area contributed by atoms with Crippen molar-refractivity contribution in [2.45, 2.75) is 26.3 Å². The number of rotatable bonds is 4. The Balaban J connectivity index is 2.01. The topological polar surface area (TPSA) is 66.9 Å². The molecule has 0 bridgehead atoms. The summed E-state index contributed by atoms with van der Waals surface area (Å²) in [6.45, 7) is 5.60. The van der Waals surface area contributed by atoms with E-state index in [9.17, 15) is 13.6 Å². The summed E-state index contributed by atoms with van der Waals surface area (Å²) in [6, 6.07) is 14.1. The van der Waals surface area contributed by atoms with Gasteiger partial charge in [0.05, 0.1) is 0 Å². The molecule has 0 spiro atoms. The predicted molar refractivity (Wildman–Crippen MR) is 104 cm³/mol. The van der Waals surface area contributed by atoms with Crippen LogP contribution in [0.25, 0.3) is 11.4 Å². The van der Waals surface area contributed by atoms with Crippen molar-refractivity contribution in [3.63, 3.8) is 0 Å². The maximum absolute atomic E-state index is 13.5. The summed E-state index contributed by atoms with van der Waals surface area (Å²) >= 11 is 0. The van der Waals surface area contributed by atoms with E-state index in [2.05, 4.69) is 20.6 Å². The number of carbonyl (C=O) groups excluding carboxylic acids is 1. The van der Waals surface area contributed by atoms with Crippen molar-refractivity contribution >= 4 is 17.4 Å². The molecule has 1 aromatic heterocycles. The molecule has 0 radical (unpaired) electrons. The summed E-state index contributed by atoms with van der Waals surface area (Å²) in [5, 5.41) is 5.76. The van der Waals surface area contributed by atoms with E-state index in [0.29, 0.717) is 17.3 Å². The highest BCUT2D eigenvalue weighted by Crippen LogP contribution is 2.22. The zero-order chi connectivity index (χ0) is 20.3. The molecule has 5 nitrogen and oxygen atoms in total. The van der Waals surface area contributed by atoms with Crippen LogP contribution >= 0.6 is 0 Å². The van der Waals surface area contributed by atoms with Crippen molar-refractivity contribution in [2.75, 3.05) is 5.32 Å². The quantitative estimate of drug-likeness (QED) is 0.687. The third-order valence-corrected chi connectivity index (χ3v) is 3.67. The van der Waals surface area contributed by atoms with E-state index >= 15 is 0 Å². The van der Waals surface area contributed by atoms with Crippen molar-refractivity contribution in [1.29, 1.82) is 0 Å². The maximum Gasteiger partial charge on any atom is 0.270 e. The molecule has 2 aromatic carbocycles. The van der Waals surface area contributed by atoms with E-state index in [1.807, 2.05) is 51.1 Å². The van der Waals surface area contributed by atoms with Gasteiger partial charge in [-0.25, -0.2) is 18.7 Å². The molecular weight excluding hydrogens is 362 g/mol. The molecule has 0 aliphatic heterocycles. The third-order valence-electron chi connectivity index (χ3n) is 3.67. The standard InChI is InChI=1S/C21H20F2N4O/c1-21(2,3)27-20(28)17-12-18(24-14-9-10-15(22)16(23)11-14)26-19(25-17)13-7-5-4-6-8-13/h4-12H,1-3H3,(H,27,28)(H,24,25,26). The average molecular weight is 382 g/mol. The van der Waals surface area contributed by atoms with Gasteiger partial charge < -0.3 is 10.6 Å². The van der Waals surface area contributed by atoms with E-state index in [1.165, 1.54) is 12.1 Å². The van der Waals surface area contributed by atoms with E-state index in [4.69, 9.17) is 0 Å². The number of halogens is 2. The van der Waals surface area contributed by atoms with Crippen molar-refractivity contribution in [3.8, 4) is 11.4 Å². The Morgan fingerprint density at radius 1 is 0.929 bits per heavy atom. The van der Waals surface area contributed by atoms with Gasteiger partial charge in [0, 0.05) is 28.9 Å². The Labute approximate surface area is 161 Å². The van der Waals surface area contributed by atoms with Crippen molar-refractivity contribution in [1.82, 2.24) is 15.3 Å². The number of anilines is 2. The largest absolute Gasteiger partial charge is 0.346 e. The highest BCUT2D eigenvalue weighted by molar-refractivity contribution is 5.94. The lowest BCUT2D eigenvalue weighted by Crippen LogP contribution is -2.41. The average Bonchev–Trinajstić information content (AvgIpc) is 2.64. The van der Waals surface area contributed by atoms with Crippen LogP contribution in [0.15, 0.2) is 54.6 Å². The van der Waals surface area contributed by atoms with Crippen LogP contribution in [0.2, 0.25) is 0 Å². The zero-order valence-corrected chi connectivity index (χ0v) is 15.8. The summed E-state index contributed by atoms with van der Waals surface area (Å²) in [5.74, 6) is -1.65. The van der Waals surface area contributed by atoms with Crippen LogP contribution in [0.4, 0.5) is 20.3 Å². The summed E-state index contributed by atoms with van der Waals surface area (Å²) < 4.78 is 26.7. The van der Waals surface area contributed by atoms with Gasteiger partial charge in [-0.2, -0.15) is 0 Å². The maximum atomic E-state index is 13.5. The van der Waals surface area contributed by atoms with Crippen molar-refractivity contribution < 1.29 is 13.6 Å². The molecule has 0 aliphatic carbocycles. The third kappa shape index (κ3) is 4.88. The second kappa shape index (κ2) is 7.72. The van der Waals surface area contributed by atoms with Crippen LogP contribution in [0.5, 0.6) is 0 Å². The number of nitrogens with one attached hydrogen (secondary N) is 2. The van der Waals surface area contributed by atoms with E-state index < -0.39 is 17.2 Å². The lowest BCUT2D eigenvalue weighted by atomic mass is 10.1. The molecule has 0 fully saturated rings. The van der Waals surface area contributed by atoms with Crippen LogP contribution in [0, 0.1) is 11.6 Å². The normalized spacial score (nSPS) is 11.2. The minimum absolute atomic E-state index is 0.161. The second-order valence-corrected chi connectivity index (χ2v) is 7.29. The number of nitrogens with zero attached hydrogens (tertiary/aromatic N) is 2. The van der Waals surface area contributed by atoms with Gasteiger partial charge in [-0.1, -0.05) is 30.3 Å². The minimum atomic E-state index is -0.979. The van der Waals surface area contributed by atoms with E-state index in [-0.39, 0.29) is 11.6 Å². The van der Waals surface area contributed by atoms with Gasteiger partial charge in [0.2, 0.25) is 0 Å². The van der Waals surface area contributed by atoms with Gasteiger partial charge in [-0.3, -0.25) is 4.79 Å². The van der Waals surface area contributed by atoms with E-state index in [1.54, 1.807) is 0 Å². The van der Waals surface area contributed by atoms with Gasteiger partial charge in [-0.05, 0) is 32.9 Å². The second-order valence-electron chi connectivity index (χ2n) is 7.29. The lowest BCUT2D eigenvalue weighted by Gasteiger charge is -2.20. The number of aromatic nitrogens is 2. The fourth-order valence-electron chi connectivity index (χ4n) is 2.47. The Hall–Kier alpha value is -3.35. The molecule has 3 aromatic rings. The van der Waals surface area contributed by atoms with Crippen LogP contribution in [0.1, 0.15) is 31.3 Å². The number of benzene rings is 2. The molecule has 7 heteroatoms. The first-order valence-electron chi connectivity index (χ1n) is 8.70. The molecule has 0 saturated heterocycles. The van der Waals surface area contributed by atoms with Gasteiger partial charge in [0.15, 0.2) is 17.5 Å². The Kier molecular flexibility index (Phi) is 5.35. The van der Waals surface area contributed by atoms with Gasteiger partial charge in [0.1, 0.15) is 11.5 Å². The molecule has 28 heavy (non-hydrogen) atoms. The van der Waals surface area contributed by atoms with Crippen molar-refractivity contribution in [2.24, 2.45) is 0 Å². The number of hydrogen-bond donors (Lipinski definition) is 2.